The number of hydrogen-bond acceptors (Lipinski definition) is 2. The van der Waals surface area contributed by atoms with Gasteiger partial charge in [0.25, 0.3) is 0 Å². The highest BCUT2D eigenvalue weighted by Crippen LogP contribution is 2.27. The molecule has 0 aromatic carbocycles. The highest BCUT2D eigenvalue weighted by Gasteiger charge is 2.21. The fourth-order valence-electron chi connectivity index (χ4n) is 1.60. The molecular formula is C10H17ClFN3. The van der Waals surface area contributed by atoms with Gasteiger partial charge in [0.1, 0.15) is 0 Å². The highest BCUT2D eigenvalue weighted by molar-refractivity contribution is 5.85. The van der Waals surface area contributed by atoms with Crippen LogP contribution in [0.4, 0.5) is 4.39 Å². The normalized spacial score (nSPS) is 15.1. The van der Waals surface area contributed by atoms with Crippen molar-refractivity contribution in [1.29, 1.82) is 0 Å². The molecule has 2 rings (SSSR count). The van der Waals surface area contributed by atoms with E-state index in [0.29, 0.717) is 12.1 Å². The molecule has 5 heteroatoms. The Morgan fingerprint density at radius 1 is 1.53 bits per heavy atom. The highest BCUT2D eigenvalue weighted by atomic mass is 35.5. The summed E-state index contributed by atoms with van der Waals surface area (Å²) in [6, 6.07) is 0. The summed E-state index contributed by atoms with van der Waals surface area (Å²) in [5, 5.41) is 7.29. The van der Waals surface area contributed by atoms with E-state index < -0.39 is 0 Å². The van der Waals surface area contributed by atoms with Gasteiger partial charge in [0.05, 0.1) is 5.69 Å². The molecule has 86 valence electrons. The van der Waals surface area contributed by atoms with Crippen LogP contribution in [0.15, 0.2) is 0 Å². The minimum absolute atomic E-state index is 0. The summed E-state index contributed by atoms with van der Waals surface area (Å²) in [6.45, 7) is 3.45. The van der Waals surface area contributed by atoms with Gasteiger partial charge in [0.2, 0.25) is 5.95 Å². The zero-order valence-corrected chi connectivity index (χ0v) is 9.90. The molecule has 3 nitrogen and oxygen atoms in total. The number of nitrogens with zero attached hydrogens (tertiary/aromatic N) is 2. The van der Waals surface area contributed by atoms with Crippen molar-refractivity contribution < 1.29 is 4.39 Å². The van der Waals surface area contributed by atoms with Gasteiger partial charge >= 0.3 is 0 Å². The Balaban J connectivity index is 0.00000112. The number of hydrogen-bond donors (Lipinski definition) is 1. The lowest BCUT2D eigenvalue weighted by molar-refractivity contribution is 0.488. The summed E-state index contributed by atoms with van der Waals surface area (Å²) in [5.41, 5.74) is 1.49. The molecule has 0 radical (unpaired) electrons. The molecule has 15 heavy (non-hydrogen) atoms. The second-order valence-corrected chi connectivity index (χ2v) is 4.05. The van der Waals surface area contributed by atoms with E-state index in [-0.39, 0.29) is 18.4 Å². The molecule has 1 aromatic heterocycles. The molecule has 0 amide bonds. The molecule has 1 heterocycles. The average Bonchev–Trinajstić information content (AvgIpc) is 2.90. The number of aryl methyl sites for hydroxylation is 2. The lowest BCUT2D eigenvalue weighted by atomic mass is 10.2. The van der Waals surface area contributed by atoms with Gasteiger partial charge in [-0.25, -0.2) is 4.68 Å². The third-order valence-corrected chi connectivity index (χ3v) is 2.70. The van der Waals surface area contributed by atoms with Crippen LogP contribution in [0.2, 0.25) is 0 Å². The number of rotatable bonds is 4. The van der Waals surface area contributed by atoms with Crippen molar-refractivity contribution in [2.75, 3.05) is 6.54 Å². The first-order valence-corrected chi connectivity index (χ1v) is 5.07. The predicted molar refractivity (Wildman–Crippen MR) is 59.6 cm³/mol. The van der Waals surface area contributed by atoms with Crippen molar-refractivity contribution in [3.05, 3.63) is 17.2 Å². The maximum absolute atomic E-state index is 13.4. The first-order valence-electron chi connectivity index (χ1n) is 5.07. The standard InChI is InChI=1S/C10H16FN3.ClH/c1-7-9(10(11)14(2)13-7)6-12-5-8-3-4-8;/h8,12H,3-6H2,1-2H3;1H. The summed E-state index contributed by atoms with van der Waals surface area (Å²) < 4.78 is 14.7. The number of halogens is 2. The Kier molecular flexibility index (Phi) is 4.11. The minimum atomic E-state index is -0.217. The van der Waals surface area contributed by atoms with E-state index in [4.69, 9.17) is 0 Å². The number of nitrogens with one attached hydrogen (secondary N) is 1. The van der Waals surface area contributed by atoms with Gasteiger partial charge < -0.3 is 5.32 Å². The zero-order chi connectivity index (χ0) is 10.1. The summed E-state index contributed by atoms with van der Waals surface area (Å²) >= 11 is 0. The van der Waals surface area contributed by atoms with Crippen LogP contribution >= 0.6 is 12.4 Å². The third kappa shape index (κ3) is 2.92. The van der Waals surface area contributed by atoms with Crippen molar-refractivity contribution in [3.63, 3.8) is 0 Å². The van der Waals surface area contributed by atoms with E-state index in [1.54, 1.807) is 7.05 Å². The summed E-state index contributed by atoms with van der Waals surface area (Å²) in [5.74, 6) is 0.612. The van der Waals surface area contributed by atoms with Gasteiger partial charge in [-0.05, 0) is 32.2 Å². The van der Waals surface area contributed by atoms with Crippen LogP contribution in [0, 0.1) is 18.8 Å². The molecule has 1 aliphatic rings. The van der Waals surface area contributed by atoms with Crippen LogP contribution in [-0.4, -0.2) is 16.3 Å². The molecule has 0 spiro atoms. The third-order valence-electron chi connectivity index (χ3n) is 2.70. The summed E-state index contributed by atoms with van der Waals surface area (Å²) in [4.78, 5) is 0. The zero-order valence-electron chi connectivity index (χ0n) is 9.09. The Labute approximate surface area is 95.5 Å². The Bertz CT molecular complexity index is 334. The summed E-state index contributed by atoms with van der Waals surface area (Å²) in [6.07, 6.45) is 2.64. The lowest BCUT2D eigenvalue weighted by Crippen LogP contribution is -2.17. The molecule has 1 N–H and O–H groups in total. The second-order valence-electron chi connectivity index (χ2n) is 4.05. The van der Waals surface area contributed by atoms with E-state index >= 15 is 0 Å². The van der Waals surface area contributed by atoms with Crippen LogP contribution in [-0.2, 0) is 13.6 Å². The van der Waals surface area contributed by atoms with Crippen LogP contribution < -0.4 is 5.32 Å². The van der Waals surface area contributed by atoms with Gasteiger partial charge in [-0.3, -0.25) is 0 Å². The van der Waals surface area contributed by atoms with E-state index in [9.17, 15) is 4.39 Å². The monoisotopic (exact) mass is 233 g/mol. The predicted octanol–water partition coefficient (Wildman–Crippen LogP) is 1.79. The maximum atomic E-state index is 13.4. The molecule has 0 unspecified atom stereocenters. The van der Waals surface area contributed by atoms with Crippen LogP contribution in [0.5, 0.6) is 0 Å². The first-order chi connectivity index (χ1) is 6.68. The lowest BCUT2D eigenvalue weighted by Gasteiger charge is -2.02. The fourth-order valence-corrected chi connectivity index (χ4v) is 1.60. The molecule has 1 aromatic rings. The molecule has 1 fully saturated rings. The van der Waals surface area contributed by atoms with Crippen molar-refractivity contribution in [2.45, 2.75) is 26.3 Å². The van der Waals surface area contributed by atoms with Gasteiger partial charge in [0, 0.05) is 19.2 Å². The Morgan fingerprint density at radius 3 is 2.67 bits per heavy atom. The molecule has 1 aliphatic carbocycles. The van der Waals surface area contributed by atoms with Crippen molar-refractivity contribution in [2.24, 2.45) is 13.0 Å². The topological polar surface area (TPSA) is 29.9 Å². The quantitative estimate of drug-likeness (QED) is 0.860. The fraction of sp³-hybridized carbons (Fsp3) is 0.700. The molecule has 1 saturated carbocycles. The Hall–Kier alpha value is -0.610. The number of aromatic nitrogens is 2. The largest absolute Gasteiger partial charge is 0.312 e. The molecule has 0 bridgehead atoms. The maximum Gasteiger partial charge on any atom is 0.215 e. The van der Waals surface area contributed by atoms with Crippen molar-refractivity contribution >= 4 is 12.4 Å². The van der Waals surface area contributed by atoms with Crippen molar-refractivity contribution in [3.8, 4) is 0 Å². The minimum Gasteiger partial charge on any atom is -0.312 e. The molecule has 0 aliphatic heterocycles. The van der Waals surface area contributed by atoms with Crippen LogP contribution in [0.3, 0.4) is 0 Å². The average molecular weight is 234 g/mol. The van der Waals surface area contributed by atoms with Gasteiger partial charge in [-0.2, -0.15) is 9.49 Å². The first kappa shape index (κ1) is 12.5. The van der Waals surface area contributed by atoms with E-state index in [2.05, 4.69) is 10.4 Å². The van der Waals surface area contributed by atoms with Gasteiger partial charge in [0.15, 0.2) is 0 Å². The molecule has 0 saturated heterocycles. The van der Waals surface area contributed by atoms with E-state index in [1.807, 2.05) is 6.92 Å². The second kappa shape index (κ2) is 4.94. The van der Waals surface area contributed by atoms with E-state index in [1.165, 1.54) is 17.5 Å². The smallest absolute Gasteiger partial charge is 0.215 e. The van der Waals surface area contributed by atoms with Crippen molar-refractivity contribution in [1.82, 2.24) is 15.1 Å². The SMILES string of the molecule is Cc1nn(C)c(F)c1CNCC1CC1.Cl. The molecule has 0 atom stereocenters. The van der Waals surface area contributed by atoms with Crippen LogP contribution in [0.25, 0.3) is 0 Å². The van der Waals surface area contributed by atoms with Crippen LogP contribution in [0.1, 0.15) is 24.1 Å². The molecular weight excluding hydrogens is 217 g/mol. The van der Waals surface area contributed by atoms with E-state index in [0.717, 1.165) is 18.2 Å². The Morgan fingerprint density at radius 2 is 2.20 bits per heavy atom. The van der Waals surface area contributed by atoms with Gasteiger partial charge in [-0.15, -0.1) is 12.4 Å². The van der Waals surface area contributed by atoms with Gasteiger partial charge in [-0.1, -0.05) is 0 Å². The summed E-state index contributed by atoms with van der Waals surface area (Å²) in [7, 11) is 1.63.